The molecule has 1 aromatic carbocycles. The molecule has 6 heterocycles. The molecule has 10 heteroatoms. The van der Waals surface area contributed by atoms with E-state index >= 15 is 0 Å². The van der Waals surface area contributed by atoms with Gasteiger partial charge >= 0.3 is 5.97 Å². The molecule has 0 saturated carbocycles. The van der Waals surface area contributed by atoms with Crippen molar-refractivity contribution in [1.82, 2.24) is 24.4 Å². The molecule has 10 nitrogen and oxygen atoms in total. The summed E-state index contributed by atoms with van der Waals surface area (Å²) in [5.41, 5.74) is 3.55. The van der Waals surface area contributed by atoms with E-state index in [0.717, 1.165) is 68.1 Å². The Morgan fingerprint density at radius 3 is 2.60 bits per heavy atom. The molecule has 45 heavy (non-hydrogen) atoms. The first kappa shape index (κ1) is 31.1. The second-order valence-corrected chi connectivity index (χ2v) is 14.0. The first-order valence-electron chi connectivity index (χ1n) is 16.3. The lowest BCUT2D eigenvalue weighted by molar-refractivity contribution is -0.160. The van der Waals surface area contributed by atoms with Gasteiger partial charge in [0.15, 0.2) is 17.6 Å². The highest BCUT2D eigenvalue weighted by molar-refractivity contribution is 5.78. The van der Waals surface area contributed by atoms with Crippen LogP contribution in [0.5, 0.6) is 5.75 Å². The van der Waals surface area contributed by atoms with Crippen LogP contribution in [-0.2, 0) is 16.0 Å². The average Bonchev–Trinajstić information content (AvgIpc) is 3.62. The number of aliphatic carboxylic acids is 1. The normalized spacial score (nSPS) is 18.3. The van der Waals surface area contributed by atoms with E-state index in [1.807, 2.05) is 64.4 Å². The third-order valence-corrected chi connectivity index (χ3v) is 9.19. The Morgan fingerprint density at radius 2 is 1.84 bits per heavy atom. The number of hydrogen-bond acceptors (Lipinski definition) is 7. The fraction of sp³-hybridized carbons (Fsp3) is 0.543. The van der Waals surface area contributed by atoms with Crippen molar-refractivity contribution in [3.05, 3.63) is 65.1 Å². The smallest absolute Gasteiger partial charge is 0.337 e. The number of ether oxygens (including phenoxy) is 2. The summed E-state index contributed by atoms with van der Waals surface area (Å²) in [5.74, 6) is 1.24. The Bertz CT molecular complexity index is 1660. The van der Waals surface area contributed by atoms with Crippen molar-refractivity contribution in [3.63, 3.8) is 0 Å². The number of rotatable bonds is 3. The lowest BCUT2D eigenvalue weighted by Crippen LogP contribution is -2.41. The molecule has 0 amide bonds. The lowest BCUT2D eigenvalue weighted by atomic mass is 9.76. The summed E-state index contributed by atoms with van der Waals surface area (Å²) in [7, 11) is 0. The van der Waals surface area contributed by atoms with Crippen molar-refractivity contribution in [3.8, 4) is 11.6 Å². The zero-order chi connectivity index (χ0) is 31.8. The average molecular weight is 615 g/mol. The molecule has 6 bridgehead atoms. The number of hydrogen-bond donors (Lipinski definition) is 1. The highest BCUT2D eigenvalue weighted by atomic mass is 16.5. The van der Waals surface area contributed by atoms with Crippen LogP contribution >= 0.6 is 0 Å². The largest absolute Gasteiger partial charge is 0.493 e. The summed E-state index contributed by atoms with van der Waals surface area (Å²) < 4.78 is 16.0. The molecule has 3 aliphatic heterocycles. The first-order chi connectivity index (χ1) is 21.5. The molecule has 1 saturated heterocycles. The Labute approximate surface area is 265 Å². The van der Waals surface area contributed by atoms with Gasteiger partial charge < -0.3 is 19.5 Å². The van der Waals surface area contributed by atoms with Crippen LogP contribution in [0.25, 0.3) is 11.5 Å². The number of fused-ring (bicyclic) bond motifs is 8. The van der Waals surface area contributed by atoms with E-state index in [0.29, 0.717) is 29.1 Å². The fourth-order valence-electron chi connectivity index (χ4n) is 6.70. The Morgan fingerprint density at radius 1 is 1.09 bits per heavy atom. The quantitative estimate of drug-likeness (QED) is 0.272. The van der Waals surface area contributed by atoms with Gasteiger partial charge in [-0.25, -0.2) is 14.5 Å². The molecular formula is C35H46N6O4. The minimum Gasteiger partial charge on any atom is -0.493 e. The summed E-state index contributed by atoms with van der Waals surface area (Å²) in [6, 6.07) is 10.1. The van der Waals surface area contributed by atoms with E-state index in [2.05, 4.69) is 23.0 Å². The van der Waals surface area contributed by atoms with Crippen LogP contribution in [0, 0.1) is 12.3 Å². The van der Waals surface area contributed by atoms with E-state index in [4.69, 9.17) is 19.6 Å². The zero-order valence-electron chi connectivity index (χ0n) is 27.3. The molecule has 0 radical (unpaired) electrons. The second kappa shape index (κ2) is 12.5. The molecule has 0 spiro atoms. The topological polar surface area (TPSA) is 107 Å². The van der Waals surface area contributed by atoms with E-state index in [1.165, 1.54) is 19.3 Å². The van der Waals surface area contributed by atoms with Crippen molar-refractivity contribution in [1.29, 1.82) is 0 Å². The van der Waals surface area contributed by atoms with Gasteiger partial charge in [0.25, 0.3) is 0 Å². The number of aryl methyl sites for hydroxylation is 1. The van der Waals surface area contributed by atoms with E-state index in [9.17, 15) is 9.90 Å². The van der Waals surface area contributed by atoms with Crippen molar-refractivity contribution in [2.75, 3.05) is 24.6 Å². The van der Waals surface area contributed by atoms with Crippen LogP contribution in [-0.4, -0.2) is 60.8 Å². The monoisotopic (exact) mass is 614 g/mol. The van der Waals surface area contributed by atoms with Gasteiger partial charge in [0.2, 0.25) is 0 Å². The van der Waals surface area contributed by atoms with Crippen LogP contribution in [0.4, 0.5) is 5.82 Å². The predicted octanol–water partition coefficient (Wildman–Crippen LogP) is 6.70. The number of aromatic nitrogens is 5. The molecule has 240 valence electrons. The molecule has 0 aliphatic carbocycles. The Hall–Kier alpha value is -3.92. The van der Waals surface area contributed by atoms with E-state index < -0.39 is 17.7 Å². The van der Waals surface area contributed by atoms with Crippen LogP contribution < -0.4 is 9.64 Å². The summed E-state index contributed by atoms with van der Waals surface area (Å²) in [4.78, 5) is 19.9. The van der Waals surface area contributed by atoms with Crippen LogP contribution in [0.15, 0.2) is 42.7 Å². The highest BCUT2D eigenvalue weighted by Crippen LogP contribution is 2.41. The highest BCUT2D eigenvalue weighted by Gasteiger charge is 2.37. The standard InChI is InChI=1S/C35H46N6O4/c1-24-30(31(33(42)43)45-34(2,3)4)32-39-17-15-35(5,16-18-39)14-10-6-7-11-19-44-27-13-9-8-12-26(27)20-25-22-36-40(23-25)29-21-28(37-24)41(32)38-29/h8-9,12-13,21-23,31H,6-7,10-11,14-20H2,1-5H3,(H,42,43)/t31-/m0/s1. The van der Waals surface area contributed by atoms with Gasteiger partial charge in [0.05, 0.1) is 24.0 Å². The maximum absolute atomic E-state index is 12.8. The van der Waals surface area contributed by atoms with Crippen LogP contribution in [0.1, 0.15) is 101 Å². The molecule has 0 unspecified atom stereocenters. The molecule has 7 rings (SSSR count). The Balaban J connectivity index is 1.46. The molecule has 1 atom stereocenters. The van der Waals surface area contributed by atoms with Crippen LogP contribution in [0.2, 0.25) is 0 Å². The van der Waals surface area contributed by atoms with Gasteiger partial charge in [-0.1, -0.05) is 44.4 Å². The Kier molecular flexibility index (Phi) is 8.61. The molecule has 3 aromatic heterocycles. The minimum absolute atomic E-state index is 0.237. The second-order valence-electron chi connectivity index (χ2n) is 14.0. The number of benzene rings is 1. The maximum Gasteiger partial charge on any atom is 0.337 e. The molecule has 3 aliphatic rings. The summed E-state index contributed by atoms with van der Waals surface area (Å²) in [5, 5.41) is 20.1. The van der Waals surface area contributed by atoms with Crippen molar-refractivity contribution in [2.24, 2.45) is 5.41 Å². The summed E-state index contributed by atoms with van der Waals surface area (Å²) >= 11 is 0. The van der Waals surface area contributed by atoms with Crippen molar-refractivity contribution >= 4 is 17.4 Å². The van der Waals surface area contributed by atoms with Gasteiger partial charge in [-0.05, 0) is 76.0 Å². The van der Waals surface area contributed by atoms with Crippen LogP contribution in [0.3, 0.4) is 0 Å². The third-order valence-electron chi connectivity index (χ3n) is 9.19. The number of nitrogens with zero attached hydrogens (tertiary/aromatic N) is 6. The fourth-order valence-corrected chi connectivity index (χ4v) is 6.70. The number of carboxylic acid groups (broad SMARTS) is 1. The lowest BCUT2D eigenvalue weighted by Gasteiger charge is -2.41. The maximum atomic E-state index is 12.8. The van der Waals surface area contributed by atoms with Crippen molar-refractivity contribution < 1.29 is 19.4 Å². The number of carboxylic acids is 1. The van der Waals surface area contributed by atoms with Gasteiger partial charge in [-0.2, -0.15) is 9.61 Å². The molecular weight excluding hydrogens is 568 g/mol. The van der Waals surface area contributed by atoms with Gasteiger partial charge in [-0.3, -0.25) is 0 Å². The third kappa shape index (κ3) is 6.85. The van der Waals surface area contributed by atoms with Crippen molar-refractivity contribution in [2.45, 2.75) is 97.7 Å². The van der Waals surface area contributed by atoms with E-state index in [-0.39, 0.29) is 5.41 Å². The molecule has 1 fully saturated rings. The molecule has 1 N–H and O–H groups in total. The number of para-hydroxylation sites is 1. The first-order valence-corrected chi connectivity index (χ1v) is 16.3. The van der Waals surface area contributed by atoms with Gasteiger partial charge in [0.1, 0.15) is 11.6 Å². The SMILES string of the molecule is Cc1nc2cc3nn2c(c1[C@H](OC(C)(C)C)C(=O)O)N1CCC(C)(CCCCCCOc2ccccc2Cc2cnn-3c2)CC1. The van der Waals surface area contributed by atoms with Gasteiger partial charge in [0, 0.05) is 37.5 Å². The number of piperidine rings is 1. The minimum atomic E-state index is -1.19. The van der Waals surface area contributed by atoms with E-state index in [1.54, 1.807) is 9.20 Å². The summed E-state index contributed by atoms with van der Waals surface area (Å²) in [6.07, 6.45) is 11.2. The number of anilines is 1. The van der Waals surface area contributed by atoms with Gasteiger partial charge in [-0.15, -0.1) is 5.10 Å². The predicted molar refractivity (Wildman–Crippen MR) is 173 cm³/mol. The summed E-state index contributed by atoms with van der Waals surface area (Å²) in [6.45, 7) is 12.2. The number of carbonyl (C=O) groups is 1. The zero-order valence-corrected chi connectivity index (χ0v) is 27.3. The molecule has 4 aromatic rings.